The van der Waals surface area contributed by atoms with Crippen LogP contribution in [-0.4, -0.2) is 31.2 Å². The van der Waals surface area contributed by atoms with Crippen molar-refractivity contribution >= 4 is 10.8 Å². The lowest BCUT2D eigenvalue weighted by Crippen LogP contribution is -2.20. The largest absolute Gasteiger partial charge is 0.374 e. The molecule has 0 aliphatic rings. The normalized spacial score (nSPS) is 11.3. The fourth-order valence-corrected chi connectivity index (χ4v) is 1.86. The minimum absolute atomic E-state index is 0.280. The van der Waals surface area contributed by atoms with Crippen LogP contribution in [-0.2, 0) is 11.3 Å². The topological polar surface area (TPSA) is 34.1 Å². The molecule has 102 valence electrons. The second-order valence-corrected chi connectivity index (χ2v) is 4.16. The van der Waals surface area contributed by atoms with E-state index in [0.717, 1.165) is 16.3 Å². The molecule has 19 heavy (non-hydrogen) atoms. The molecular weight excluding hydrogens is 250 g/mol. The number of rotatable bonds is 7. The van der Waals surface area contributed by atoms with Crippen LogP contribution < -0.4 is 5.32 Å². The average Bonchev–Trinajstić information content (AvgIpc) is 2.42. The van der Waals surface area contributed by atoms with Gasteiger partial charge in [0.25, 0.3) is 6.43 Å². The number of hydrogen-bond acceptors (Lipinski definition) is 3. The predicted molar refractivity (Wildman–Crippen MR) is 70.3 cm³/mol. The molecule has 3 nitrogen and oxygen atoms in total. The summed E-state index contributed by atoms with van der Waals surface area (Å²) < 4.78 is 28.5. The highest BCUT2D eigenvalue weighted by Gasteiger charge is 2.02. The number of alkyl halides is 2. The second-order valence-electron chi connectivity index (χ2n) is 4.16. The third-order valence-corrected chi connectivity index (χ3v) is 2.73. The van der Waals surface area contributed by atoms with Gasteiger partial charge in [-0.3, -0.25) is 4.98 Å². The summed E-state index contributed by atoms with van der Waals surface area (Å²) in [5.74, 6) is 0. The van der Waals surface area contributed by atoms with Gasteiger partial charge in [0.2, 0.25) is 0 Å². The first-order valence-electron chi connectivity index (χ1n) is 6.15. The molecule has 2 rings (SSSR count). The zero-order valence-electron chi connectivity index (χ0n) is 10.5. The predicted octanol–water partition coefficient (Wildman–Crippen LogP) is 2.61. The van der Waals surface area contributed by atoms with Gasteiger partial charge in [0.15, 0.2) is 0 Å². The lowest BCUT2D eigenvalue weighted by Gasteiger charge is -2.08. The van der Waals surface area contributed by atoms with E-state index in [-0.39, 0.29) is 6.61 Å². The van der Waals surface area contributed by atoms with E-state index in [9.17, 15) is 8.78 Å². The third-order valence-electron chi connectivity index (χ3n) is 2.73. The monoisotopic (exact) mass is 266 g/mol. The summed E-state index contributed by atoms with van der Waals surface area (Å²) in [4.78, 5) is 4.18. The van der Waals surface area contributed by atoms with Gasteiger partial charge in [-0.15, -0.1) is 0 Å². The number of halogens is 2. The number of fused-ring (bicyclic) bond motifs is 1. The maximum absolute atomic E-state index is 11.8. The standard InChI is InChI=1S/C14H16F2N2O/c15-14(16)10-19-6-5-17-8-12-9-18-7-11-3-1-2-4-13(11)12/h1-4,7,9,14,17H,5-6,8,10H2. The molecule has 1 heterocycles. The third kappa shape index (κ3) is 4.22. The molecule has 0 saturated heterocycles. The van der Waals surface area contributed by atoms with E-state index in [1.807, 2.05) is 36.7 Å². The summed E-state index contributed by atoms with van der Waals surface area (Å²) in [6, 6.07) is 8.01. The van der Waals surface area contributed by atoms with Crippen molar-refractivity contribution in [3.63, 3.8) is 0 Å². The molecule has 0 spiro atoms. The summed E-state index contributed by atoms with van der Waals surface area (Å²) in [6.45, 7) is 0.961. The molecule has 0 atom stereocenters. The van der Waals surface area contributed by atoms with Gasteiger partial charge in [0.1, 0.15) is 6.61 Å². The fraction of sp³-hybridized carbons (Fsp3) is 0.357. The minimum Gasteiger partial charge on any atom is -0.374 e. The highest BCUT2D eigenvalue weighted by atomic mass is 19.3. The van der Waals surface area contributed by atoms with Crippen LogP contribution in [0.3, 0.4) is 0 Å². The lowest BCUT2D eigenvalue weighted by atomic mass is 10.1. The fourth-order valence-electron chi connectivity index (χ4n) is 1.86. The Morgan fingerprint density at radius 1 is 1.21 bits per heavy atom. The van der Waals surface area contributed by atoms with Gasteiger partial charge in [-0.25, -0.2) is 8.78 Å². The summed E-state index contributed by atoms with van der Waals surface area (Å²) >= 11 is 0. The van der Waals surface area contributed by atoms with Gasteiger partial charge in [-0.1, -0.05) is 24.3 Å². The molecule has 0 fully saturated rings. The van der Waals surface area contributed by atoms with Crippen LogP contribution in [0.2, 0.25) is 0 Å². The van der Waals surface area contributed by atoms with Gasteiger partial charge in [0, 0.05) is 30.9 Å². The maximum Gasteiger partial charge on any atom is 0.261 e. The van der Waals surface area contributed by atoms with E-state index in [2.05, 4.69) is 10.3 Å². The van der Waals surface area contributed by atoms with E-state index in [1.165, 1.54) is 0 Å². The van der Waals surface area contributed by atoms with Crippen molar-refractivity contribution < 1.29 is 13.5 Å². The van der Waals surface area contributed by atoms with Gasteiger partial charge in [-0.05, 0) is 10.9 Å². The highest BCUT2D eigenvalue weighted by molar-refractivity contribution is 5.84. The van der Waals surface area contributed by atoms with E-state index in [4.69, 9.17) is 4.74 Å². The van der Waals surface area contributed by atoms with Crippen molar-refractivity contribution in [1.82, 2.24) is 10.3 Å². The molecule has 2 aromatic rings. The number of nitrogens with one attached hydrogen (secondary N) is 1. The Morgan fingerprint density at radius 2 is 2.05 bits per heavy atom. The lowest BCUT2D eigenvalue weighted by molar-refractivity contribution is 0.0187. The van der Waals surface area contributed by atoms with E-state index in [1.54, 1.807) is 0 Å². The van der Waals surface area contributed by atoms with Gasteiger partial charge in [-0.2, -0.15) is 0 Å². The molecule has 1 aromatic heterocycles. The smallest absolute Gasteiger partial charge is 0.261 e. The van der Waals surface area contributed by atoms with Crippen LogP contribution >= 0.6 is 0 Å². The molecule has 0 saturated carbocycles. The Hall–Kier alpha value is -1.59. The van der Waals surface area contributed by atoms with Gasteiger partial charge >= 0.3 is 0 Å². The first-order chi connectivity index (χ1) is 9.27. The van der Waals surface area contributed by atoms with E-state index in [0.29, 0.717) is 13.1 Å². The van der Waals surface area contributed by atoms with Crippen molar-refractivity contribution in [1.29, 1.82) is 0 Å². The molecule has 1 aromatic carbocycles. The first kappa shape index (κ1) is 13.8. The maximum atomic E-state index is 11.8. The summed E-state index contributed by atoms with van der Waals surface area (Å²) in [5, 5.41) is 5.40. The minimum atomic E-state index is -2.40. The quantitative estimate of drug-likeness (QED) is 0.782. The number of benzene rings is 1. The van der Waals surface area contributed by atoms with E-state index >= 15 is 0 Å². The number of pyridine rings is 1. The Kier molecular flexibility index (Phi) is 5.18. The first-order valence-corrected chi connectivity index (χ1v) is 6.15. The van der Waals surface area contributed by atoms with Crippen LogP contribution in [0.4, 0.5) is 8.78 Å². The summed E-state index contributed by atoms with van der Waals surface area (Å²) in [5.41, 5.74) is 1.09. The molecule has 0 unspecified atom stereocenters. The number of ether oxygens (including phenoxy) is 1. The van der Waals surface area contributed by atoms with Crippen LogP contribution in [0.5, 0.6) is 0 Å². The van der Waals surface area contributed by atoms with Crippen LogP contribution in [0.15, 0.2) is 36.7 Å². The Balaban J connectivity index is 1.82. The van der Waals surface area contributed by atoms with E-state index < -0.39 is 13.0 Å². The molecule has 1 N–H and O–H groups in total. The van der Waals surface area contributed by atoms with Crippen LogP contribution in [0.25, 0.3) is 10.8 Å². The van der Waals surface area contributed by atoms with Crippen LogP contribution in [0, 0.1) is 0 Å². The summed E-state index contributed by atoms with van der Waals surface area (Å²) in [6.07, 6.45) is 1.24. The zero-order valence-corrected chi connectivity index (χ0v) is 10.5. The van der Waals surface area contributed by atoms with Crippen molar-refractivity contribution in [2.45, 2.75) is 13.0 Å². The number of hydrogen-bond donors (Lipinski definition) is 1. The highest BCUT2D eigenvalue weighted by Crippen LogP contribution is 2.16. The van der Waals surface area contributed by atoms with Crippen molar-refractivity contribution in [3.05, 3.63) is 42.2 Å². The second kappa shape index (κ2) is 7.11. The molecule has 0 bridgehead atoms. The molecular formula is C14H16F2N2O. The zero-order chi connectivity index (χ0) is 13.5. The Morgan fingerprint density at radius 3 is 2.89 bits per heavy atom. The van der Waals surface area contributed by atoms with Gasteiger partial charge < -0.3 is 10.1 Å². The number of aromatic nitrogens is 1. The van der Waals surface area contributed by atoms with Crippen molar-refractivity contribution in [2.75, 3.05) is 19.8 Å². The Labute approximate surface area is 110 Å². The SMILES string of the molecule is FC(F)COCCNCc1cncc2ccccc12. The average molecular weight is 266 g/mol. The number of nitrogens with zero attached hydrogens (tertiary/aromatic N) is 1. The van der Waals surface area contributed by atoms with Crippen molar-refractivity contribution in [2.24, 2.45) is 0 Å². The molecule has 0 amide bonds. The van der Waals surface area contributed by atoms with Gasteiger partial charge in [0.05, 0.1) is 6.61 Å². The Bertz CT molecular complexity index is 514. The molecule has 5 heteroatoms. The molecule has 0 aliphatic carbocycles. The molecule has 0 radical (unpaired) electrons. The van der Waals surface area contributed by atoms with Crippen molar-refractivity contribution in [3.8, 4) is 0 Å². The molecule has 0 aliphatic heterocycles. The summed E-state index contributed by atoms with van der Waals surface area (Å²) in [7, 11) is 0. The van der Waals surface area contributed by atoms with Crippen LogP contribution in [0.1, 0.15) is 5.56 Å².